The van der Waals surface area contributed by atoms with Gasteiger partial charge in [0.1, 0.15) is 0 Å². The molecule has 1 rings (SSSR count). The van der Waals surface area contributed by atoms with E-state index in [2.05, 4.69) is 10.0 Å². The van der Waals surface area contributed by atoms with Gasteiger partial charge in [-0.1, -0.05) is 12.1 Å². The quantitative estimate of drug-likeness (QED) is 0.728. The van der Waals surface area contributed by atoms with Crippen molar-refractivity contribution >= 4 is 27.6 Å². The Kier molecular flexibility index (Phi) is 5.45. The molecule has 1 amide bonds. The van der Waals surface area contributed by atoms with E-state index in [-0.39, 0.29) is 5.91 Å². The lowest BCUT2D eigenvalue weighted by Gasteiger charge is -2.17. The average molecular weight is 314 g/mol. The minimum Gasteiger partial charge on any atom is -0.480 e. The lowest BCUT2D eigenvalue weighted by atomic mass is 10.1. The average Bonchev–Trinajstić information content (AvgIpc) is 2.36. The van der Waals surface area contributed by atoms with E-state index < -0.39 is 27.3 Å². The summed E-state index contributed by atoms with van der Waals surface area (Å²) in [6.45, 7) is 4.07. The highest BCUT2D eigenvalue weighted by atomic mass is 32.2. The van der Waals surface area contributed by atoms with Crippen LogP contribution in [0.25, 0.3) is 0 Å². The third-order valence-electron chi connectivity index (χ3n) is 2.86. The van der Waals surface area contributed by atoms with Crippen molar-refractivity contribution in [1.82, 2.24) is 4.72 Å². The number of rotatable bonds is 6. The topological polar surface area (TPSA) is 113 Å². The number of carboxylic acids is 1. The normalized spacial score (nSPS) is 14.2. The van der Waals surface area contributed by atoms with Crippen LogP contribution in [0.15, 0.2) is 24.3 Å². The van der Waals surface area contributed by atoms with Gasteiger partial charge in [0.15, 0.2) is 5.25 Å². The molecule has 1 aromatic carbocycles. The molecule has 0 fully saturated rings. The van der Waals surface area contributed by atoms with Crippen molar-refractivity contribution < 1.29 is 23.1 Å². The third kappa shape index (κ3) is 4.83. The van der Waals surface area contributed by atoms with E-state index in [4.69, 9.17) is 5.11 Å². The van der Waals surface area contributed by atoms with Crippen molar-refractivity contribution in [2.24, 2.45) is 0 Å². The van der Waals surface area contributed by atoms with Gasteiger partial charge in [0.2, 0.25) is 15.9 Å². The number of carbonyl (C=O) groups excluding carboxylic acids is 1. The lowest BCUT2D eigenvalue weighted by Crippen LogP contribution is -2.38. The second kappa shape index (κ2) is 6.68. The van der Waals surface area contributed by atoms with Crippen LogP contribution in [0, 0.1) is 0 Å². The van der Waals surface area contributed by atoms with Crippen LogP contribution in [0.2, 0.25) is 0 Å². The fraction of sp³-hybridized carbons (Fsp3) is 0.385. The van der Waals surface area contributed by atoms with E-state index in [9.17, 15) is 18.0 Å². The third-order valence-corrected chi connectivity index (χ3v) is 4.68. The van der Waals surface area contributed by atoms with Crippen LogP contribution in [0.5, 0.6) is 0 Å². The number of hydrogen-bond donors (Lipinski definition) is 3. The monoisotopic (exact) mass is 314 g/mol. The molecule has 0 spiro atoms. The molecule has 116 valence electrons. The Balaban J connectivity index is 2.92. The summed E-state index contributed by atoms with van der Waals surface area (Å²) < 4.78 is 26.0. The maximum atomic E-state index is 11.9. The Hall–Kier alpha value is -1.93. The van der Waals surface area contributed by atoms with Crippen molar-refractivity contribution in [3.8, 4) is 0 Å². The molecule has 2 atom stereocenters. The number of amides is 1. The van der Waals surface area contributed by atoms with Gasteiger partial charge in [-0.15, -0.1) is 0 Å². The number of benzene rings is 1. The highest BCUT2D eigenvalue weighted by Gasteiger charge is 2.29. The smallest absolute Gasteiger partial charge is 0.323 e. The van der Waals surface area contributed by atoms with Gasteiger partial charge in [0, 0.05) is 18.7 Å². The molecule has 1 aromatic rings. The van der Waals surface area contributed by atoms with E-state index in [1.807, 2.05) is 0 Å². The Morgan fingerprint density at radius 1 is 1.24 bits per heavy atom. The number of sulfonamides is 1. The van der Waals surface area contributed by atoms with Gasteiger partial charge >= 0.3 is 5.97 Å². The molecule has 8 heteroatoms. The van der Waals surface area contributed by atoms with Crippen molar-refractivity contribution in [3.63, 3.8) is 0 Å². The molecule has 0 radical (unpaired) electrons. The van der Waals surface area contributed by atoms with Gasteiger partial charge < -0.3 is 10.4 Å². The summed E-state index contributed by atoms with van der Waals surface area (Å²) in [6.07, 6.45) is 0. The summed E-state index contributed by atoms with van der Waals surface area (Å²) in [5.41, 5.74) is 1.15. The van der Waals surface area contributed by atoms with E-state index in [1.165, 1.54) is 6.92 Å². The first kappa shape index (κ1) is 17.1. The number of anilines is 1. The molecule has 21 heavy (non-hydrogen) atoms. The summed E-state index contributed by atoms with van der Waals surface area (Å²) in [4.78, 5) is 21.8. The number of hydrogen-bond acceptors (Lipinski definition) is 4. The molecular weight excluding hydrogens is 296 g/mol. The first-order chi connectivity index (χ1) is 9.63. The Morgan fingerprint density at radius 3 is 2.38 bits per heavy atom. The van der Waals surface area contributed by atoms with Crippen molar-refractivity contribution in [2.75, 3.05) is 5.32 Å². The second-order valence-corrected chi connectivity index (χ2v) is 6.70. The standard InChI is InChI=1S/C13H18N2O5S/c1-8(15-21(19,20)9(2)13(17)18)11-5-4-6-12(7-11)14-10(3)16/h4-9,15H,1-3H3,(H,14,16)(H,17,18). The summed E-state index contributed by atoms with van der Waals surface area (Å²) >= 11 is 0. The first-order valence-electron chi connectivity index (χ1n) is 6.25. The van der Waals surface area contributed by atoms with Crippen LogP contribution in [0.1, 0.15) is 32.4 Å². The van der Waals surface area contributed by atoms with Gasteiger partial charge in [-0.3, -0.25) is 9.59 Å². The fourth-order valence-electron chi connectivity index (χ4n) is 1.64. The lowest BCUT2D eigenvalue weighted by molar-refractivity contribution is -0.136. The Morgan fingerprint density at radius 2 is 1.86 bits per heavy atom. The predicted octanol–water partition coefficient (Wildman–Crippen LogP) is 1.10. The summed E-state index contributed by atoms with van der Waals surface area (Å²) in [7, 11) is -3.98. The molecule has 7 nitrogen and oxygen atoms in total. The first-order valence-corrected chi connectivity index (χ1v) is 7.79. The van der Waals surface area contributed by atoms with Crippen LogP contribution < -0.4 is 10.0 Å². The van der Waals surface area contributed by atoms with Crippen LogP contribution in [0.3, 0.4) is 0 Å². The Labute approximate surface area is 123 Å². The summed E-state index contributed by atoms with van der Waals surface area (Å²) in [5, 5.41) is 9.83. The number of carbonyl (C=O) groups is 2. The largest absolute Gasteiger partial charge is 0.480 e. The van der Waals surface area contributed by atoms with Gasteiger partial charge in [-0.25, -0.2) is 13.1 Å². The van der Waals surface area contributed by atoms with Crippen molar-refractivity contribution in [2.45, 2.75) is 32.1 Å². The van der Waals surface area contributed by atoms with Gasteiger partial charge in [0.05, 0.1) is 0 Å². The molecule has 2 unspecified atom stereocenters. The molecule has 0 saturated heterocycles. The van der Waals surface area contributed by atoms with E-state index in [0.717, 1.165) is 6.92 Å². The van der Waals surface area contributed by atoms with Crippen LogP contribution >= 0.6 is 0 Å². The maximum absolute atomic E-state index is 11.9. The number of carboxylic acid groups (broad SMARTS) is 1. The molecule has 0 aromatic heterocycles. The van der Waals surface area contributed by atoms with Crippen molar-refractivity contribution in [1.29, 1.82) is 0 Å². The van der Waals surface area contributed by atoms with Gasteiger partial charge in [-0.2, -0.15) is 0 Å². The fourth-order valence-corrected chi connectivity index (χ4v) is 2.74. The molecular formula is C13H18N2O5S. The maximum Gasteiger partial charge on any atom is 0.323 e. The minimum atomic E-state index is -3.98. The molecule has 0 bridgehead atoms. The highest BCUT2D eigenvalue weighted by molar-refractivity contribution is 7.90. The SMILES string of the molecule is CC(=O)Nc1cccc(C(C)NS(=O)(=O)C(C)C(=O)O)c1. The van der Waals surface area contributed by atoms with Gasteiger partial charge in [0.25, 0.3) is 0 Å². The molecule has 0 aliphatic heterocycles. The second-order valence-electron chi connectivity index (χ2n) is 4.67. The number of nitrogens with one attached hydrogen (secondary N) is 2. The molecule has 0 heterocycles. The van der Waals surface area contributed by atoms with Gasteiger partial charge in [-0.05, 0) is 31.5 Å². The Bertz CT molecular complexity index is 642. The van der Waals surface area contributed by atoms with E-state index in [0.29, 0.717) is 11.3 Å². The molecule has 0 saturated carbocycles. The molecule has 3 N–H and O–H groups in total. The van der Waals surface area contributed by atoms with E-state index >= 15 is 0 Å². The van der Waals surface area contributed by atoms with Crippen molar-refractivity contribution in [3.05, 3.63) is 29.8 Å². The highest BCUT2D eigenvalue weighted by Crippen LogP contribution is 2.19. The predicted molar refractivity (Wildman–Crippen MR) is 78.3 cm³/mol. The zero-order valence-electron chi connectivity index (χ0n) is 12.0. The molecule has 0 aliphatic rings. The summed E-state index contributed by atoms with van der Waals surface area (Å²) in [6, 6.07) is 6.03. The zero-order valence-corrected chi connectivity index (χ0v) is 12.8. The van der Waals surface area contributed by atoms with Crippen LogP contribution in [0.4, 0.5) is 5.69 Å². The van der Waals surface area contributed by atoms with Crippen LogP contribution in [-0.4, -0.2) is 30.7 Å². The number of aliphatic carboxylic acids is 1. The minimum absolute atomic E-state index is 0.236. The molecule has 0 aliphatic carbocycles. The zero-order chi connectivity index (χ0) is 16.2. The van der Waals surface area contributed by atoms with Crippen LogP contribution in [-0.2, 0) is 19.6 Å². The summed E-state index contributed by atoms with van der Waals surface area (Å²) in [5.74, 6) is -1.65. The van der Waals surface area contributed by atoms with E-state index in [1.54, 1.807) is 31.2 Å².